The fourth-order valence-electron chi connectivity index (χ4n) is 8.92. The number of hydrogen-bond acceptors (Lipinski definition) is 6. The Morgan fingerprint density at radius 3 is 2.53 bits per heavy atom. The summed E-state index contributed by atoms with van der Waals surface area (Å²) in [6.07, 6.45) is 6.00. The van der Waals surface area contributed by atoms with Crippen LogP contribution in [0, 0.1) is 39.9 Å². The third kappa shape index (κ3) is 3.27. The molecule has 4 rings (SSSR count). The molecule has 4 aliphatic carbocycles. The maximum atomic E-state index is 14.0. The molecule has 0 aromatic heterocycles. The van der Waals surface area contributed by atoms with Gasteiger partial charge in [-0.05, 0) is 61.0 Å². The van der Waals surface area contributed by atoms with Crippen molar-refractivity contribution >= 4 is 35.1 Å². The third-order valence-corrected chi connectivity index (χ3v) is 11.5. The minimum Gasteiger partial charge on any atom is -0.481 e. The summed E-state index contributed by atoms with van der Waals surface area (Å²) in [4.78, 5) is 49.3. The van der Waals surface area contributed by atoms with Crippen LogP contribution >= 0.6 is 11.6 Å². The molecule has 0 aromatic rings. The molecule has 3 fully saturated rings. The second-order valence-corrected chi connectivity index (χ2v) is 12.4. The number of esters is 1. The molecule has 4 aliphatic rings. The highest BCUT2D eigenvalue weighted by atomic mass is 35.5. The van der Waals surface area contributed by atoms with Gasteiger partial charge in [0, 0.05) is 11.8 Å². The molecule has 9 atom stereocenters. The zero-order valence-electron chi connectivity index (χ0n) is 21.7. The Hall–Kier alpha value is -1.99. The zero-order valence-corrected chi connectivity index (χ0v) is 22.4. The summed E-state index contributed by atoms with van der Waals surface area (Å²) in [7, 11) is 0. The Bertz CT molecular complexity index is 1060. The summed E-state index contributed by atoms with van der Waals surface area (Å²) in [6.45, 7) is 8.50. The molecule has 0 spiro atoms. The van der Waals surface area contributed by atoms with E-state index < -0.39 is 57.5 Å². The highest BCUT2D eigenvalue weighted by molar-refractivity contribution is 6.26. The van der Waals surface area contributed by atoms with Crippen molar-refractivity contribution in [1.29, 1.82) is 0 Å². The number of carboxylic acid groups (broad SMARTS) is 1. The minimum absolute atomic E-state index is 0.0904. The summed E-state index contributed by atoms with van der Waals surface area (Å²) in [6, 6.07) is 0. The topological polar surface area (TPSA) is 118 Å². The number of carbonyl (C=O) groups excluding carboxylic acids is 3. The second kappa shape index (κ2) is 8.80. The van der Waals surface area contributed by atoms with Gasteiger partial charge in [0.1, 0.15) is 0 Å². The number of allylic oxidation sites excluding steroid dienone is 4. The van der Waals surface area contributed by atoms with Crippen LogP contribution < -0.4 is 0 Å². The lowest BCUT2D eigenvalue weighted by Crippen LogP contribution is -2.68. The summed E-state index contributed by atoms with van der Waals surface area (Å²) < 4.78 is 5.22. The van der Waals surface area contributed by atoms with Gasteiger partial charge in [-0.2, -0.15) is 0 Å². The SMILES string of the molecule is CCC(=O)OCC(=O)C1(C(C)C(=O)O)C(C)CC2C3CCC4=CC(=O)C=CC4(C)C3(Cl)C(O)CC21C. The Morgan fingerprint density at radius 2 is 1.92 bits per heavy atom. The van der Waals surface area contributed by atoms with Crippen LogP contribution in [-0.2, 0) is 23.9 Å². The summed E-state index contributed by atoms with van der Waals surface area (Å²) in [5.74, 6) is -3.82. The van der Waals surface area contributed by atoms with Crippen LogP contribution in [0.3, 0.4) is 0 Å². The van der Waals surface area contributed by atoms with Crippen LogP contribution in [-0.4, -0.2) is 51.3 Å². The quantitative estimate of drug-likeness (QED) is 0.400. The molecule has 0 aliphatic heterocycles. The van der Waals surface area contributed by atoms with Crippen molar-refractivity contribution in [2.45, 2.75) is 77.7 Å². The van der Waals surface area contributed by atoms with Gasteiger partial charge in [-0.1, -0.05) is 46.3 Å². The number of carbonyl (C=O) groups is 4. The monoisotopic (exact) mass is 520 g/mol. The molecule has 7 nitrogen and oxygen atoms in total. The van der Waals surface area contributed by atoms with Gasteiger partial charge in [0.2, 0.25) is 0 Å². The first-order valence-electron chi connectivity index (χ1n) is 12.9. The van der Waals surface area contributed by atoms with Crippen LogP contribution in [0.5, 0.6) is 0 Å². The van der Waals surface area contributed by atoms with Crippen LogP contribution in [0.15, 0.2) is 23.8 Å². The van der Waals surface area contributed by atoms with E-state index >= 15 is 0 Å². The number of halogens is 1. The molecule has 8 heteroatoms. The maximum absolute atomic E-state index is 14.0. The van der Waals surface area contributed by atoms with Crippen molar-refractivity contribution in [3.63, 3.8) is 0 Å². The van der Waals surface area contributed by atoms with E-state index in [-0.39, 0.29) is 36.4 Å². The number of hydrogen-bond donors (Lipinski definition) is 2. The number of aliphatic hydroxyl groups excluding tert-OH is 1. The van der Waals surface area contributed by atoms with E-state index in [4.69, 9.17) is 16.3 Å². The first-order valence-corrected chi connectivity index (χ1v) is 13.3. The molecule has 0 heterocycles. The van der Waals surface area contributed by atoms with Crippen molar-refractivity contribution in [2.24, 2.45) is 39.9 Å². The van der Waals surface area contributed by atoms with Gasteiger partial charge in [0.25, 0.3) is 0 Å². The Labute approximate surface area is 217 Å². The number of alkyl halides is 1. The number of aliphatic carboxylic acids is 1. The lowest BCUT2D eigenvalue weighted by molar-refractivity contribution is -0.179. The van der Waals surface area contributed by atoms with Gasteiger partial charge >= 0.3 is 11.9 Å². The summed E-state index contributed by atoms with van der Waals surface area (Å²) >= 11 is 7.48. The average molecular weight is 521 g/mol. The Balaban J connectivity index is 1.83. The molecule has 0 radical (unpaired) electrons. The van der Waals surface area contributed by atoms with Crippen LogP contribution in [0.4, 0.5) is 0 Å². The summed E-state index contributed by atoms with van der Waals surface area (Å²) in [5, 5.41) is 22.0. The molecular formula is C28H37ClO7. The largest absolute Gasteiger partial charge is 0.481 e. The smallest absolute Gasteiger partial charge is 0.307 e. The van der Waals surface area contributed by atoms with Gasteiger partial charge in [-0.15, -0.1) is 11.6 Å². The van der Waals surface area contributed by atoms with Crippen LogP contribution in [0.1, 0.15) is 66.7 Å². The zero-order chi connectivity index (χ0) is 26.8. The second-order valence-electron chi connectivity index (χ2n) is 11.8. The Morgan fingerprint density at radius 1 is 1.25 bits per heavy atom. The van der Waals surface area contributed by atoms with E-state index in [0.29, 0.717) is 19.3 Å². The minimum atomic E-state index is -1.34. The van der Waals surface area contributed by atoms with Crippen molar-refractivity contribution < 1.29 is 34.1 Å². The van der Waals surface area contributed by atoms with E-state index in [1.807, 2.05) is 26.8 Å². The maximum Gasteiger partial charge on any atom is 0.307 e. The van der Waals surface area contributed by atoms with E-state index in [0.717, 1.165) is 5.57 Å². The van der Waals surface area contributed by atoms with Gasteiger partial charge in [-0.25, -0.2) is 0 Å². The summed E-state index contributed by atoms with van der Waals surface area (Å²) in [5.41, 5.74) is -2.05. The predicted octanol–water partition coefficient (Wildman–Crippen LogP) is 4.10. The average Bonchev–Trinajstić information content (AvgIpc) is 3.05. The highest BCUT2D eigenvalue weighted by Gasteiger charge is 2.76. The number of Topliss-reactive ketones (excluding diaryl/α,β-unsaturated/α-hetero) is 1. The van der Waals surface area contributed by atoms with Crippen LogP contribution in [0.2, 0.25) is 0 Å². The molecule has 0 amide bonds. The van der Waals surface area contributed by atoms with E-state index in [1.165, 1.54) is 6.08 Å². The first-order chi connectivity index (χ1) is 16.7. The molecular weight excluding hydrogens is 484 g/mol. The van der Waals surface area contributed by atoms with Crippen molar-refractivity contribution in [3.05, 3.63) is 23.8 Å². The molecule has 36 heavy (non-hydrogen) atoms. The van der Waals surface area contributed by atoms with Crippen LogP contribution in [0.25, 0.3) is 0 Å². The van der Waals surface area contributed by atoms with Gasteiger partial charge < -0.3 is 14.9 Å². The number of carboxylic acids is 1. The fraction of sp³-hybridized carbons (Fsp3) is 0.714. The van der Waals surface area contributed by atoms with Gasteiger partial charge in [0.05, 0.1) is 22.3 Å². The van der Waals surface area contributed by atoms with Crippen molar-refractivity contribution in [1.82, 2.24) is 0 Å². The highest BCUT2D eigenvalue weighted by Crippen LogP contribution is 2.75. The first kappa shape index (κ1) is 27.1. The lowest BCUT2D eigenvalue weighted by Gasteiger charge is -2.65. The standard InChI is InChI=1S/C28H37ClO7/c1-6-23(33)36-14-22(32)27(16(3)24(34)35)15(2)11-20-19-8-7-17-12-18(30)9-10-25(17,4)28(19,29)21(31)13-26(20,27)5/h9-10,12,15-16,19-21,31H,6-8,11,13-14H2,1-5H3,(H,34,35). The predicted molar refractivity (Wildman–Crippen MR) is 133 cm³/mol. The molecule has 0 bridgehead atoms. The Kier molecular flexibility index (Phi) is 6.61. The van der Waals surface area contributed by atoms with E-state index in [1.54, 1.807) is 19.9 Å². The van der Waals surface area contributed by atoms with Crippen molar-refractivity contribution in [3.8, 4) is 0 Å². The van der Waals surface area contributed by atoms with E-state index in [9.17, 15) is 29.4 Å². The number of rotatable bonds is 6. The molecule has 2 N–H and O–H groups in total. The number of ether oxygens (including phenoxy) is 1. The van der Waals surface area contributed by atoms with Crippen molar-refractivity contribution in [2.75, 3.05) is 6.61 Å². The molecule has 9 unspecified atom stereocenters. The molecule has 3 saturated carbocycles. The lowest BCUT2D eigenvalue weighted by atomic mass is 9.42. The van der Waals surface area contributed by atoms with E-state index in [2.05, 4.69) is 0 Å². The molecule has 0 aromatic carbocycles. The fourth-order valence-corrected chi connectivity index (χ4v) is 9.44. The number of aliphatic hydroxyl groups is 1. The van der Waals surface area contributed by atoms with Gasteiger partial charge in [0.15, 0.2) is 18.2 Å². The molecule has 198 valence electrons. The molecule has 0 saturated heterocycles. The number of fused-ring (bicyclic) bond motifs is 5. The number of ketones is 2. The van der Waals surface area contributed by atoms with Gasteiger partial charge in [-0.3, -0.25) is 19.2 Å². The third-order valence-electron chi connectivity index (χ3n) is 10.5. The normalized spacial score (nSPS) is 44.1.